The lowest BCUT2D eigenvalue weighted by Crippen LogP contribution is -2.45. The van der Waals surface area contributed by atoms with Gasteiger partial charge in [-0.05, 0) is 24.6 Å². The number of guanidine groups is 1. The minimum absolute atomic E-state index is 0.103. The fourth-order valence-corrected chi connectivity index (χ4v) is 2.30. The van der Waals surface area contributed by atoms with Crippen LogP contribution >= 0.6 is 0 Å². The number of rotatable bonds is 8. The Balaban J connectivity index is 1.68. The van der Waals surface area contributed by atoms with Gasteiger partial charge in [0.25, 0.3) is 0 Å². The molecule has 0 heterocycles. The number of nitrogens with zero attached hydrogens (tertiary/aromatic N) is 1. The van der Waals surface area contributed by atoms with Crippen LogP contribution in [0.25, 0.3) is 0 Å². The Kier molecular flexibility index (Phi) is 8.09. The highest BCUT2D eigenvalue weighted by molar-refractivity contribution is 5.86. The highest BCUT2D eigenvalue weighted by Crippen LogP contribution is 2.13. The first-order valence-corrected chi connectivity index (χ1v) is 8.74. The van der Waals surface area contributed by atoms with Crippen LogP contribution in [0.2, 0.25) is 0 Å². The molecular weight excluding hydrogens is 347 g/mol. The quantitative estimate of drug-likeness (QED) is 0.490. The fraction of sp³-hybridized carbons (Fsp3) is 0.300. The minimum atomic E-state index is -0.341. The van der Waals surface area contributed by atoms with Gasteiger partial charge in [-0.2, -0.15) is 0 Å². The number of benzene rings is 2. The van der Waals surface area contributed by atoms with Gasteiger partial charge in [0.05, 0.1) is 13.1 Å². The van der Waals surface area contributed by atoms with Crippen LogP contribution < -0.4 is 20.7 Å². The van der Waals surface area contributed by atoms with Gasteiger partial charge in [-0.3, -0.25) is 9.79 Å². The van der Waals surface area contributed by atoms with E-state index in [4.69, 9.17) is 4.74 Å². The van der Waals surface area contributed by atoms with Crippen molar-refractivity contribution in [1.82, 2.24) is 16.0 Å². The number of amides is 1. The Morgan fingerprint density at radius 2 is 1.89 bits per heavy atom. The Morgan fingerprint density at radius 1 is 1.11 bits per heavy atom. The molecule has 2 aromatic carbocycles. The van der Waals surface area contributed by atoms with Gasteiger partial charge >= 0.3 is 0 Å². The smallest absolute Gasteiger partial charge is 0.239 e. The van der Waals surface area contributed by atoms with Crippen molar-refractivity contribution < 1.29 is 13.9 Å². The van der Waals surface area contributed by atoms with Crippen LogP contribution in [0, 0.1) is 5.82 Å². The zero-order chi connectivity index (χ0) is 19.5. The van der Waals surface area contributed by atoms with Crippen molar-refractivity contribution in [2.45, 2.75) is 19.6 Å². The molecule has 3 N–H and O–H groups in total. The topological polar surface area (TPSA) is 74.8 Å². The molecular formula is C20H25FN4O2. The summed E-state index contributed by atoms with van der Waals surface area (Å²) in [6.45, 7) is 2.89. The lowest BCUT2D eigenvalue weighted by atomic mass is 10.2. The summed E-state index contributed by atoms with van der Waals surface area (Å²) >= 11 is 0. The molecule has 0 bridgehead atoms. The van der Waals surface area contributed by atoms with E-state index in [2.05, 4.69) is 20.9 Å². The molecule has 0 radical (unpaired) electrons. The number of carbonyl (C=O) groups excluding carboxylic acids is 1. The first-order valence-electron chi connectivity index (χ1n) is 8.74. The van der Waals surface area contributed by atoms with Gasteiger partial charge < -0.3 is 20.7 Å². The first kappa shape index (κ1) is 20.2. The Labute approximate surface area is 158 Å². The molecule has 0 spiro atoms. The molecule has 1 unspecified atom stereocenters. The predicted octanol–water partition coefficient (Wildman–Crippen LogP) is 2.07. The molecule has 0 aliphatic rings. The second-order valence-electron chi connectivity index (χ2n) is 5.95. The van der Waals surface area contributed by atoms with Crippen LogP contribution in [0.1, 0.15) is 12.5 Å². The highest BCUT2D eigenvalue weighted by Gasteiger charge is 2.08. The number of hydrogen-bond acceptors (Lipinski definition) is 3. The third-order valence-electron chi connectivity index (χ3n) is 3.66. The average Bonchev–Trinajstić information content (AvgIpc) is 2.67. The van der Waals surface area contributed by atoms with E-state index in [0.717, 1.165) is 5.56 Å². The largest absolute Gasteiger partial charge is 0.489 e. The van der Waals surface area contributed by atoms with Crippen molar-refractivity contribution in [3.8, 4) is 5.75 Å². The summed E-state index contributed by atoms with van der Waals surface area (Å²) in [5.41, 5.74) is 1.04. The Bertz CT molecular complexity index is 753. The predicted molar refractivity (Wildman–Crippen MR) is 104 cm³/mol. The van der Waals surface area contributed by atoms with Crippen LogP contribution in [0.4, 0.5) is 4.39 Å². The summed E-state index contributed by atoms with van der Waals surface area (Å²) in [6.07, 6.45) is -0.211. The summed E-state index contributed by atoms with van der Waals surface area (Å²) < 4.78 is 18.8. The maximum absolute atomic E-state index is 13.2. The maximum Gasteiger partial charge on any atom is 0.239 e. The van der Waals surface area contributed by atoms with Crippen molar-refractivity contribution in [3.63, 3.8) is 0 Å². The van der Waals surface area contributed by atoms with E-state index < -0.39 is 0 Å². The minimum Gasteiger partial charge on any atom is -0.489 e. The molecule has 144 valence electrons. The van der Waals surface area contributed by atoms with Crippen molar-refractivity contribution in [3.05, 3.63) is 66.0 Å². The molecule has 0 saturated heterocycles. The summed E-state index contributed by atoms with van der Waals surface area (Å²) in [5.74, 6) is 0.476. The molecule has 1 atom stereocenters. The maximum atomic E-state index is 13.2. The second-order valence-corrected chi connectivity index (χ2v) is 5.95. The van der Waals surface area contributed by atoms with Gasteiger partial charge in [0.15, 0.2) is 5.96 Å². The van der Waals surface area contributed by atoms with Crippen LogP contribution in [0.5, 0.6) is 5.75 Å². The van der Waals surface area contributed by atoms with E-state index in [1.165, 1.54) is 12.1 Å². The molecule has 0 aliphatic heterocycles. The molecule has 27 heavy (non-hydrogen) atoms. The molecule has 7 heteroatoms. The highest BCUT2D eigenvalue weighted by atomic mass is 19.1. The van der Waals surface area contributed by atoms with E-state index in [1.807, 2.05) is 37.3 Å². The normalized spacial score (nSPS) is 12.2. The molecule has 0 aliphatic carbocycles. The van der Waals surface area contributed by atoms with Crippen LogP contribution in [-0.4, -0.2) is 38.1 Å². The standard InChI is InChI=1S/C20H25FN4O2/c1-15(27-18-10-6-9-17(21)11-18)12-24-20(22-2)25-14-19(26)23-13-16-7-4-3-5-8-16/h3-11,15H,12-14H2,1-2H3,(H,23,26)(H2,22,24,25). The lowest BCUT2D eigenvalue weighted by Gasteiger charge is -2.17. The van der Waals surface area contributed by atoms with Crippen molar-refractivity contribution >= 4 is 11.9 Å². The van der Waals surface area contributed by atoms with Gasteiger partial charge in [-0.1, -0.05) is 36.4 Å². The van der Waals surface area contributed by atoms with E-state index in [0.29, 0.717) is 24.8 Å². The van der Waals surface area contributed by atoms with Gasteiger partial charge in [-0.25, -0.2) is 4.39 Å². The number of halogens is 1. The van der Waals surface area contributed by atoms with Crippen LogP contribution in [-0.2, 0) is 11.3 Å². The number of nitrogens with one attached hydrogen (secondary N) is 3. The molecule has 1 amide bonds. The SMILES string of the molecule is CN=C(NCC(=O)NCc1ccccc1)NCC(C)Oc1cccc(F)c1. The number of carbonyl (C=O) groups is 1. The van der Waals surface area contributed by atoms with E-state index in [-0.39, 0.29) is 24.4 Å². The van der Waals surface area contributed by atoms with Crippen LogP contribution in [0.15, 0.2) is 59.6 Å². The average molecular weight is 372 g/mol. The van der Waals surface area contributed by atoms with Gasteiger partial charge in [0.1, 0.15) is 17.7 Å². The molecule has 0 saturated carbocycles. The molecule has 0 fully saturated rings. The van der Waals surface area contributed by atoms with Crippen molar-refractivity contribution in [2.75, 3.05) is 20.1 Å². The molecule has 6 nitrogen and oxygen atoms in total. The van der Waals surface area contributed by atoms with E-state index in [1.54, 1.807) is 19.2 Å². The Hall–Kier alpha value is -3.09. The molecule has 2 aromatic rings. The summed E-state index contributed by atoms with van der Waals surface area (Å²) in [5, 5.41) is 8.86. The number of ether oxygens (including phenoxy) is 1. The van der Waals surface area contributed by atoms with Gasteiger partial charge in [0, 0.05) is 19.7 Å². The zero-order valence-corrected chi connectivity index (χ0v) is 15.5. The number of hydrogen-bond donors (Lipinski definition) is 3. The van der Waals surface area contributed by atoms with E-state index >= 15 is 0 Å². The monoisotopic (exact) mass is 372 g/mol. The summed E-state index contributed by atoms with van der Waals surface area (Å²) in [6, 6.07) is 15.7. The first-order chi connectivity index (χ1) is 13.1. The third kappa shape index (κ3) is 7.77. The van der Waals surface area contributed by atoms with Crippen molar-refractivity contribution in [2.24, 2.45) is 4.99 Å². The molecule has 2 rings (SSSR count). The van der Waals surface area contributed by atoms with Crippen molar-refractivity contribution in [1.29, 1.82) is 0 Å². The van der Waals surface area contributed by atoms with Gasteiger partial charge in [-0.15, -0.1) is 0 Å². The Morgan fingerprint density at radius 3 is 2.59 bits per heavy atom. The molecule has 0 aromatic heterocycles. The fourth-order valence-electron chi connectivity index (χ4n) is 2.30. The third-order valence-corrected chi connectivity index (χ3v) is 3.66. The van der Waals surface area contributed by atoms with Gasteiger partial charge in [0.2, 0.25) is 5.91 Å². The summed E-state index contributed by atoms with van der Waals surface area (Å²) in [4.78, 5) is 16.0. The van der Waals surface area contributed by atoms with E-state index in [9.17, 15) is 9.18 Å². The second kappa shape index (κ2) is 10.8. The van der Waals surface area contributed by atoms with Crippen LogP contribution in [0.3, 0.4) is 0 Å². The summed E-state index contributed by atoms with van der Waals surface area (Å²) in [7, 11) is 1.62. The zero-order valence-electron chi connectivity index (χ0n) is 15.5. The number of aliphatic imine (C=N–C) groups is 1. The lowest BCUT2D eigenvalue weighted by molar-refractivity contribution is -0.120.